The Bertz CT molecular complexity index is 2550. The predicted octanol–water partition coefficient (Wildman–Crippen LogP) is 6.06. The summed E-state index contributed by atoms with van der Waals surface area (Å²) in [6, 6.07) is 11.4. The standard InChI is InChI=1S/C43H47F3N8O5/c1-42(2,59)30-23-32-28(22-33(30)48-39(56)31-12-9-14-36(47-31)43(44,45)46)25-53(50-32)29-17-15-26(16-18-29)24-51(3)21-7-5-6-10-27-11-8-13-34-38(27)52(4)41(58)54(34)35-19-20-37(55)49-40(35)57/h8-9,11-14,22-23,25-26,29,35,59H,5,7,15-21,24H2,1-4H3,(H,48,56)(H,49,55,57)/t26-,29-,35?. The summed E-state index contributed by atoms with van der Waals surface area (Å²) in [4.78, 5) is 56.4. The highest BCUT2D eigenvalue weighted by Gasteiger charge is 2.34. The molecular weight excluding hydrogens is 766 g/mol. The number of hydrogen-bond donors (Lipinski definition) is 3. The van der Waals surface area contributed by atoms with E-state index >= 15 is 0 Å². The maximum absolute atomic E-state index is 13.2. The van der Waals surface area contributed by atoms with E-state index in [9.17, 15) is 37.5 Å². The molecule has 13 nitrogen and oxygen atoms in total. The molecule has 1 unspecified atom stereocenters. The summed E-state index contributed by atoms with van der Waals surface area (Å²) in [5, 5.41) is 21.5. The van der Waals surface area contributed by atoms with Gasteiger partial charge in [0.05, 0.1) is 33.8 Å². The van der Waals surface area contributed by atoms with Gasteiger partial charge in [0.15, 0.2) is 0 Å². The number of aliphatic hydroxyl groups is 1. The number of rotatable bonds is 10. The molecule has 3 N–H and O–H groups in total. The van der Waals surface area contributed by atoms with Gasteiger partial charge in [0, 0.05) is 49.3 Å². The number of unbranched alkanes of at least 4 members (excludes halogenated alkanes) is 1. The van der Waals surface area contributed by atoms with Crippen LogP contribution in [0.15, 0.2) is 59.5 Å². The third-order valence-electron chi connectivity index (χ3n) is 11.3. The largest absolute Gasteiger partial charge is 0.433 e. The molecule has 2 fully saturated rings. The van der Waals surface area contributed by atoms with Crippen molar-refractivity contribution in [3.8, 4) is 11.8 Å². The second-order valence-electron chi connectivity index (χ2n) is 16.2. The zero-order valence-corrected chi connectivity index (χ0v) is 33.4. The molecule has 5 aromatic rings. The molecule has 310 valence electrons. The van der Waals surface area contributed by atoms with E-state index in [2.05, 4.69) is 39.4 Å². The molecule has 0 radical (unpaired) electrons. The summed E-state index contributed by atoms with van der Waals surface area (Å²) in [5.41, 5.74) is -0.0237. The number of fused-ring (bicyclic) bond motifs is 2. The van der Waals surface area contributed by atoms with Crippen LogP contribution in [0.3, 0.4) is 0 Å². The summed E-state index contributed by atoms with van der Waals surface area (Å²) in [6.07, 6.45) is 3.10. The maximum atomic E-state index is 13.2. The summed E-state index contributed by atoms with van der Waals surface area (Å²) < 4.78 is 44.6. The number of carbonyl (C=O) groups is 3. The van der Waals surface area contributed by atoms with Gasteiger partial charge in [0.1, 0.15) is 17.4 Å². The fraction of sp³-hybridized carbons (Fsp3) is 0.442. The number of anilines is 1. The van der Waals surface area contributed by atoms with E-state index in [1.165, 1.54) is 15.2 Å². The van der Waals surface area contributed by atoms with Crippen LogP contribution < -0.4 is 16.3 Å². The number of halogens is 3. The number of nitrogens with one attached hydrogen (secondary N) is 2. The highest BCUT2D eigenvalue weighted by atomic mass is 19.4. The lowest BCUT2D eigenvalue weighted by molar-refractivity contribution is -0.141. The number of imide groups is 1. The summed E-state index contributed by atoms with van der Waals surface area (Å²) >= 11 is 0. The topological polar surface area (TPSA) is 156 Å². The van der Waals surface area contributed by atoms with E-state index in [-0.39, 0.29) is 36.2 Å². The third kappa shape index (κ3) is 8.96. The molecule has 59 heavy (non-hydrogen) atoms. The lowest BCUT2D eigenvalue weighted by atomic mass is 9.86. The van der Waals surface area contributed by atoms with Gasteiger partial charge < -0.3 is 15.3 Å². The Balaban J connectivity index is 0.930. The number of benzene rings is 2. The number of piperidine rings is 1. The zero-order chi connectivity index (χ0) is 42.2. The molecular formula is C43H47F3N8O5. The lowest BCUT2D eigenvalue weighted by Crippen LogP contribution is -2.44. The molecule has 3 aromatic heterocycles. The number of hydrogen-bond acceptors (Lipinski definition) is 8. The van der Waals surface area contributed by atoms with Crippen LogP contribution in [-0.2, 0) is 28.4 Å². The second-order valence-corrected chi connectivity index (χ2v) is 16.2. The van der Waals surface area contributed by atoms with Crippen LogP contribution in [0.25, 0.3) is 21.9 Å². The maximum Gasteiger partial charge on any atom is 0.433 e. The van der Waals surface area contributed by atoms with Crippen LogP contribution in [0.1, 0.15) is 105 Å². The summed E-state index contributed by atoms with van der Waals surface area (Å²) in [7, 11) is 3.79. The molecule has 16 heteroatoms. The fourth-order valence-electron chi connectivity index (χ4n) is 8.28. The van der Waals surface area contributed by atoms with Crippen LogP contribution in [-0.4, -0.2) is 71.8 Å². The highest BCUT2D eigenvalue weighted by Crippen LogP contribution is 2.36. The van der Waals surface area contributed by atoms with Gasteiger partial charge >= 0.3 is 11.9 Å². The van der Waals surface area contributed by atoms with Crippen molar-refractivity contribution in [2.24, 2.45) is 13.0 Å². The van der Waals surface area contributed by atoms with Gasteiger partial charge in [0.2, 0.25) is 11.8 Å². The van der Waals surface area contributed by atoms with Gasteiger partial charge in [-0.3, -0.25) is 33.5 Å². The van der Waals surface area contributed by atoms with E-state index in [0.29, 0.717) is 40.0 Å². The quantitative estimate of drug-likeness (QED) is 0.0874. The van der Waals surface area contributed by atoms with Crippen LogP contribution in [0.2, 0.25) is 0 Å². The van der Waals surface area contributed by atoms with E-state index in [0.717, 1.165) is 62.7 Å². The molecule has 0 spiro atoms. The second kappa shape index (κ2) is 16.5. The smallest absolute Gasteiger partial charge is 0.386 e. The van der Waals surface area contributed by atoms with Crippen molar-refractivity contribution >= 4 is 45.3 Å². The fourth-order valence-corrected chi connectivity index (χ4v) is 8.28. The third-order valence-corrected chi connectivity index (χ3v) is 11.3. The molecule has 1 atom stereocenters. The van der Waals surface area contributed by atoms with Gasteiger partial charge in [-0.15, -0.1) is 0 Å². The van der Waals surface area contributed by atoms with Gasteiger partial charge in [-0.25, -0.2) is 9.78 Å². The van der Waals surface area contributed by atoms with E-state index in [1.807, 2.05) is 23.0 Å². The Morgan fingerprint density at radius 2 is 1.80 bits per heavy atom. The van der Waals surface area contributed by atoms with Gasteiger partial charge in [0.25, 0.3) is 5.91 Å². The Hall–Kier alpha value is -5.79. The molecule has 1 aliphatic heterocycles. The van der Waals surface area contributed by atoms with Crippen molar-refractivity contribution in [3.05, 3.63) is 87.7 Å². The monoisotopic (exact) mass is 812 g/mol. The van der Waals surface area contributed by atoms with E-state index in [4.69, 9.17) is 5.10 Å². The minimum atomic E-state index is -4.70. The Morgan fingerprint density at radius 1 is 1.05 bits per heavy atom. The summed E-state index contributed by atoms with van der Waals surface area (Å²) in [5.74, 6) is 5.39. The first-order valence-corrected chi connectivity index (χ1v) is 19.8. The van der Waals surface area contributed by atoms with Crippen molar-refractivity contribution in [3.63, 3.8) is 0 Å². The Kier molecular flexibility index (Phi) is 11.5. The predicted molar refractivity (Wildman–Crippen MR) is 215 cm³/mol. The number of nitrogens with zero attached hydrogens (tertiary/aromatic N) is 6. The van der Waals surface area contributed by atoms with Crippen LogP contribution >= 0.6 is 0 Å². The molecule has 1 saturated heterocycles. The van der Waals surface area contributed by atoms with Crippen molar-refractivity contribution in [1.29, 1.82) is 0 Å². The number of pyridine rings is 1. The summed E-state index contributed by atoms with van der Waals surface area (Å²) in [6.45, 7) is 4.96. The van der Waals surface area contributed by atoms with Gasteiger partial charge in [-0.05, 0) is 108 Å². The number of para-hydroxylation sites is 1. The molecule has 3 amide bonds. The van der Waals surface area contributed by atoms with E-state index < -0.39 is 41.0 Å². The number of carbonyl (C=O) groups excluding carboxylic acids is 3. The molecule has 1 aliphatic carbocycles. The molecule has 0 bridgehead atoms. The molecule has 7 rings (SSSR count). The zero-order valence-electron chi connectivity index (χ0n) is 33.4. The molecule has 1 saturated carbocycles. The van der Waals surface area contributed by atoms with Gasteiger partial charge in [-0.2, -0.15) is 18.3 Å². The Morgan fingerprint density at radius 3 is 2.51 bits per heavy atom. The van der Waals surface area contributed by atoms with E-state index in [1.54, 1.807) is 39.1 Å². The minimum absolute atomic E-state index is 0.169. The molecule has 4 heterocycles. The first-order valence-electron chi connectivity index (χ1n) is 19.8. The van der Waals surface area contributed by atoms with Crippen molar-refractivity contribution in [2.75, 3.05) is 25.5 Å². The van der Waals surface area contributed by atoms with Crippen molar-refractivity contribution in [2.45, 2.75) is 89.1 Å². The normalized spacial score (nSPS) is 18.9. The Labute approximate surface area is 338 Å². The van der Waals surface area contributed by atoms with Crippen LogP contribution in [0.4, 0.5) is 18.9 Å². The number of amides is 3. The SMILES string of the molecule is CN(CCCC#Cc1cccc2c1n(C)c(=O)n2C1CCC(=O)NC1=O)C[C@H]1CC[C@H](n2cc3cc(NC(=O)c4cccc(C(F)(F)F)n4)c(C(C)(C)O)cc3n2)CC1. The number of alkyl halides is 3. The number of aryl methyl sites for hydroxylation is 1. The molecule has 2 aliphatic rings. The lowest BCUT2D eigenvalue weighted by Gasteiger charge is -2.31. The van der Waals surface area contributed by atoms with Crippen LogP contribution in [0, 0.1) is 17.8 Å². The number of imidazole rings is 1. The van der Waals surface area contributed by atoms with Crippen LogP contribution in [0.5, 0.6) is 0 Å². The first-order chi connectivity index (χ1) is 28.0. The van der Waals surface area contributed by atoms with Gasteiger partial charge in [-0.1, -0.05) is 24.0 Å². The van der Waals surface area contributed by atoms with Crippen molar-refractivity contribution in [1.82, 2.24) is 34.1 Å². The number of aromatic nitrogens is 5. The average Bonchev–Trinajstić information content (AvgIpc) is 3.71. The first kappa shape index (κ1) is 41.4. The minimum Gasteiger partial charge on any atom is -0.386 e. The highest BCUT2D eigenvalue weighted by molar-refractivity contribution is 6.04. The van der Waals surface area contributed by atoms with Crippen molar-refractivity contribution < 1.29 is 32.7 Å². The average molecular weight is 813 g/mol. The molecule has 2 aromatic carbocycles.